The van der Waals surface area contributed by atoms with Gasteiger partial charge in [0.05, 0.1) is 17.0 Å². The first-order valence-corrected chi connectivity index (χ1v) is 25.6. The molecule has 0 saturated carbocycles. The smallest absolute Gasteiger partial charge is 0.336 e. The number of hydrogen-bond donors (Lipinski definition) is 6. The topological polar surface area (TPSA) is 331 Å². The number of hydrogen-bond acceptors (Lipinski definition) is 13. The van der Waals surface area contributed by atoms with Crippen molar-refractivity contribution in [1.29, 1.82) is 0 Å². The van der Waals surface area contributed by atoms with Gasteiger partial charge in [-0.15, -0.1) is 6.42 Å². The van der Waals surface area contributed by atoms with E-state index in [1.807, 2.05) is 37.2 Å². The second kappa shape index (κ2) is 31.2. The lowest BCUT2D eigenvalue weighted by Crippen LogP contribution is -2.25. The van der Waals surface area contributed by atoms with Crippen molar-refractivity contribution in [2.75, 3.05) is 70.8 Å². The number of carbonyl (C=O) groups is 4. The van der Waals surface area contributed by atoms with Crippen molar-refractivity contribution in [1.82, 2.24) is 15.4 Å². The van der Waals surface area contributed by atoms with Gasteiger partial charge in [-0.25, -0.2) is 17.9 Å². The maximum atomic E-state index is 12.5. The van der Waals surface area contributed by atoms with Gasteiger partial charge in [0.15, 0.2) is 5.43 Å². The molecule has 4 aromatic carbocycles. The molecule has 0 saturated heterocycles. The first-order chi connectivity index (χ1) is 36.5. The minimum absolute atomic E-state index is 0.0374. The van der Waals surface area contributed by atoms with Crippen LogP contribution < -0.4 is 31.0 Å². The second-order valence-corrected chi connectivity index (χ2v) is 18.7. The molecule has 3 amide bonds. The maximum Gasteiger partial charge on any atom is 0.336 e. The van der Waals surface area contributed by atoms with Gasteiger partial charge in [0, 0.05) is 134 Å². The van der Waals surface area contributed by atoms with Crippen LogP contribution in [0.2, 0.25) is 0 Å². The highest BCUT2D eigenvalue weighted by atomic mass is 32.2. The number of ether oxygens (including phenoxy) is 1. The normalized spacial score (nSPS) is 10.6. The molecule has 0 radical (unpaired) electrons. The lowest BCUT2D eigenvalue weighted by Gasteiger charge is -2.17. The lowest BCUT2D eigenvalue weighted by atomic mass is 9.90. The van der Waals surface area contributed by atoms with Crippen LogP contribution in [0.1, 0.15) is 68.1 Å². The first-order valence-electron chi connectivity index (χ1n) is 24.1. The number of methoxy groups -OCH3 is 1. The van der Waals surface area contributed by atoms with E-state index in [0.29, 0.717) is 59.8 Å². The molecule has 76 heavy (non-hydrogen) atoms. The Morgan fingerprint density at radius 3 is 2.13 bits per heavy atom. The number of unbranched alkanes of at least 4 members (excludes halogenated alkanes) is 2. The lowest BCUT2D eigenvalue weighted by molar-refractivity contribution is -0.122. The molecule has 0 aromatic heterocycles. The fraction of sp³-hybridized carbons (Fsp3) is 0.340. The SMILES string of the molecule is C#CCNC(=O)CCCCCOC.CN(C)c1cccc2c(S(=O)(=O)NCCCN=[N+]=[N-])cccc12.[N-]=[N+]=NCCCNC(=O)CCCC(=O)Nc1ccc(-c2c3ccc(=O)cc-3oc3cc(O)ccc23)c(C(=O)O)c1. The van der Waals surface area contributed by atoms with Crippen molar-refractivity contribution in [2.45, 2.75) is 62.7 Å². The number of nitrogens with zero attached hydrogens (tertiary/aromatic N) is 7. The third-order valence-electron chi connectivity index (χ3n) is 11.2. The van der Waals surface area contributed by atoms with Gasteiger partial charge in [0.1, 0.15) is 17.1 Å². The molecule has 6 N–H and O–H groups in total. The highest BCUT2D eigenvalue weighted by molar-refractivity contribution is 7.89. The van der Waals surface area contributed by atoms with E-state index in [1.165, 1.54) is 30.3 Å². The quantitative estimate of drug-likeness (QED) is 0.00783. The fourth-order valence-corrected chi connectivity index (χ4v) is 8.92. The van der Waals surface area contributed by atoms with E-state index < -0.39 is 16.0 Å². The van der Waals surface area contributed by atoms with Crippen LogP contribution >= 0.6 is 0 Å². The largest absolute Gasteiger partial charge is 0.508 e. The minimum Gasteiger partial charge on any atom is -0.508 e. The number of amides is 3. The average molecular weight is 1060 g/mol. The summed E-state index contributed by atoms with van der Waals surface area (Å²) in [5.74, 6) is 0.731. The summed E-state index contributed by atoms with van der Waals surface area (Å²) in [7, 11) is 1.90. The number of nitrogens with one attached hydrogen (secondary N) is 4. The van der Waals surface area contributed by atoms with E-state index in [-0.39, 0.29) is 95.3 Å². The van der Waals surface area contributed by atoms with Crippen LogP contribution in [0, 0.1) is 12.3 Å². The van der Waals surface area contributed by atoms with Gasteiger partial charge in [-0.3, -0.25) is 19.2 Å². The Hall–Kier alpha value is -8.64. The zero-order valence-electron chi connectivity index (χ0n) is 42.5. The Balaban J connectivity index is 0.000000290. The molecule has 23 heteroatoms. The molecule has 6 rings (SSSR count). The van der Waals surface area contributed by atoms with E-state index in [0.717, 1.165) is 36.9 Å². The molecule has 0 atom stereocenters. The van der Waals surface area contributed by atoms with Crippen molar-refractivity contribution in [2.24, 2.45) is 10.2 Å². The van der Waals surface area contributed by atoms with Gasteiger partial charge in [-0.05, 0) is 97.3 Å². The molecule has 1 heterocycles. The molecule has 1 aliphatic heterocycles. The van der Waals surface area contributed by atoms with E-state index in [4.69, 9.17) is 26.6 Å². The number of terminal acetylenes is 1. The van der Waals surface area contributed by atoms with E-state index in [1.54, 1.807) is 49.6 Å². The zero-order chi connectivity index (χ0) is 55.5. The second-order valence-electron chi connectivity index (χ2n) is 17.0. The summed E-state index contributed by atoms with van der Waals surface area (Å²) in [6, 6.07) is 24.0. The third-order valence-corrected chi connectivity index (χ3v) is 12.7. The monoisotopic (exact) mass is 1060 g/mol. The van der Waals surface area contributed by atoms with Crippen LogP contribution in [0.4, 0.5) is 11.4 Å². The number of carboxylic acid groups (broad SMARTS) is 1. The van der Waals surface area contributed by atoms with Crippen molar-refractivity contribution in [3.8, 4) is 40.5 Å². The standard InChI is InChI=1S/C28H25N5O7.C15H19N5O2S.C10H17NO2/c29-33-31-12-2-11-30-25(36)3-1-4-26(37)32-16-5-8-19(22(13-16)28(38)39)27-20-9-6-17(34)14-23(20)40-24-15-18(35)7-10-21(24)27;1-20(2)14-8-3-7-13-12(14)6-4-9-15(13)23(21,22)18-11-5-10-17-19-16;1-3-8-11-10(12)7-5-4-6-9-13-2/h5-10,13-15,34H,1-4,11-12H2,(H,30,36)(H,32,37)(H,38,39);3-4,6-9,18H,5,10-11H2,1-2H3;1H,4-9H2,2H3,(H,11,12). The van der Waals surface area contributed by atoms with Crippen LogP contribution in [0.15, 0.2) is 115 Å². The summed E-state index contributed by atoms with van der Waals surface area (Å²) in [4.78, 5) is 67.1. The van der Waals surface area contributed by atoms with Crippen molar-refractivity contribution >= 4 is 66.8 Å². The Morgan fingerprint density at radius 2 is 1.43 bits per heavy atom. The average Bonchev–Trinajstić information content (AvgIpc) is 3.39. The van der Waals surface area contributed by atoms with Gasteiger partial charge in [-0.1, -0.05) is 52.9 Å². The van der Waals surface area contributed by atoms with Crippen LogP contribution in [0.25, 0.3) is 65.1 Å². The number of aromatic carboxylic acids is 1. The summed E-state index contributed by atoms with van der Waals surface area (Å²) in [5, 5.41) is 36.8. The number of phenols is 1. The Bertz CT molecular complexity index is 3250. The van der Waals surface area contributed by atoms with Crippen LogP contribution in [0.3, 0.4) is 0 Å². The van der Waals surface area contributed by atoms with Gasteiger partial charge >= 0.3 is 5.97 Å². The van der Waals surface area contributed by atoms with Crippen molar-refractivity contribution < 1.29 is 47.0 Å². The number of sulfonamides is 1. The molecule has 0 spiro atoms. The van der Waals surface area contributed by atoms with Crippen LogP contribution in [0.5, 0.6) is 5.75 Å². The Morgan fingerprint density at radius 1 is 0.763 bits per heavy atom. The number of aromatic hydroxyl groups is 1. The first kappa shape index (κ1) is 59.9. The molecule has 22 nitrogen and oxygen atoms in total. The number of carbonyl (C=O) groups excluding carboxylic acids is 3. The minimum atomic E-state index is -3.62. The molecular formula is C53H61N11O11S. The fourth-order valence-electron chi connectivity index (χ4n) is 7.62. The molecule has 0 fully saturated rings. The van der Waals surface area contributed by atoms with Gasteiger partial charge in [-0.2, -0.15) is 0 Å². The van der Waals surface area contributed by atoms with Gasteiger partial charge < -0.3 is 40.2 Å². The van der Waals surface area contributed by atoms with Gasteiger partial charge in [0.2, 0.25) is 27.7 Å². The van der Waals surface area contributed by atoms with E-state index in [9.17, 15) is 42.6 Å². The Labute approximate surface area is 439 Å². The van der Waals surface area contributed by atoms with Crippen molar-refractivity contribution in [3.63, 3.8) is 0 Å². The molecule has 0 unspecified atom stereocenters. The number of carboxylic acids is 1. The molecular weight excluding hydrogens is 999 g/mol. The van der Waals surface area contributed by atoms with Crippen LogP contribution in [-0.4, -0.2) is 103 Å². The molecule has 2 aliphatic rings. The summed E-state index contributed by atoms with van der Waals surface area (Å²) >= 11 is 0. The molecule has 400 valence electrons. The highest BCUT2D eigenvalue weighted by Gasteiger charge is 2.23. The van der Waals surface area contributed by atoms with Crippen molar-refractivity contribution in [3.05, 3.63) is 128 Å². The summed E-state index contributed by atoms with van der Waals surface area (Å²) in [5.41, 5.74) is 18.9. The predicted octanol–water partition coefficient (Wildman–Crippen LogP) is 8.72. The molecule has 4 aromatic rings. The number of azide groups is 2. The van der Waals surface area contributed by atoms with E-state index >= 15 is 0 Å². The number of anilines is 2. The summed E-state index contributed by atoms with van der Waals surface area (Å²) in [6.07, 6.45) is 9.94. The predicted molar refractivity (Wildman–Crippen MR) is 292 cm³/mol. The zero-order valence-corrected chi connectivity index (χ0v) is 43.3. The van der Waals surface area contributed by atoms with E-state index in [2.05, 4.69) is 46.6 Å². The summed E-state index contributed by atoms with van der Waals surface area (Å²) in [6.45, 7) is 2.24. The molecule has 1 aliphatic carbocycles. The number of phenolic OH excluding ortho intramolecular Hbond substituents is 1. The summed E-state index contributed by atoms with van der Waals surface area (Å²) < 4.78 is 38.3. The van der Waals surface area contributed by atoms with Gasteiger partial charge in [0.25, 0.3) is 0 Å². The number of rotatable bonds is 25. The maximum absolute atomic E-state index is 12.5. The molecule has 0 bridgehead atoms. The number of benzene rings is 5. The Kier molecular flexibility index (Phi) is 24.6. The third kappa shape index (κ3) is 18.7. The number of fused-ring (bicyclic) bond motifs is 3. The highest BCUT2D eigenvalue weighted by Crippen LogP contribution is 2.42. The van der Waals surface area contributed by atoms with Crippen LogP contribution in [-0.2, 0) is 29.1 Å².